The Labute approximate surface area is 261 Å². The molecule has 7 heteroatoms. The number of esters is 1. The lowest BCUT2D eigenvalue weighted by Gasteiger charge is -2.72. The highest BCUT2D eigenvalue weighted by Crippen LogP contribution is 2.78. The van der Waals surface area contributed by atoms with Crippen LogP contribution in [0.1, 0.15) is 109 Å². The first-order valence-electron chi connectivity index (χ1n) is 17.1. The molecule has 5 unspecified atom stereocenters. The monoisotopic (exact) mass is 610 g/mol. The molecule has 0 amide bonds. The van der Waals surface area contributed by atoms with Gasteiger partial charge in [0, 0.05) is 0 Å². The summed E-state index contributed by atoms with van der Waals surface area (Å²) < 4.78 is 25.4. The zero-order valence-electron chi connectivity index (χ0n) is 27.2. The average Bonchev–Trinajstić information content (AvgIpc) is 3.65. The van der Waals surface area contributed by atoms with Crippen LogP contribution in [0.2, 0.25) is 0 Å². The highest BCUT2D eigenvalue weighted by molar-refractivity contribution is 5.89. The van der Waals surface area contributed by atoms with E-state index in [9.17, 15) is 24.2 Å². The number of rotatable bonds is 5. The number of aliphatic carboxylic acids is 1. The summed E-state index contributed by atoms with van der Waals surface area (Å²) in [5.74, 6) is -0.309. The Kier molecular flexibility index (Phi) is 6.80. The van der Waals surface area contributed by atoms with Gasteiger partial charge >= 0.3 is 11.9 Å². The van der Waals surface area contributed by atoms with E-state index in [-0.39, 0.29) is 52.1 Å². The van der Waals surface area contributed by atoms with Gasteiger partial charge < -0.3 is 19.7 Å². The Morgan fingerprint density at radius 1 is 0.864 bits per heavy atom. The molecule has 0 bridgehead atoms. The van der Waals surface area contributed by atoms with Gasteiger partial charge in [-0.15, -0.1) is 0 Å². The third-order valence-electron chi connectivity index (χ3n) is 15.6. The molecule has 44 heavy (non-hydrogen) atoms. The van der Waals surface area contributed by atoms with Crippen LogP contribution in [0.3, 0.4) is 0 Å². The first-order valence-corrected chi connectivity index (χ1v) is 17.1. The van der Waals surface area contributed by atoms with Crippen molar-refractivity contribution in [1.29, 1.82) is 0 Å². The number of epoxide rings is 1. The highest BCUT2D eigenvalue weighted by atomic mass is 19.1. The van der Waals surface area contributed by atoms with Gasteiger partial charge in [-0.3, -0.25) is 4.79 Å². The molecule has 1 aromatic rings. The maximum Gasteiger partial charge on any atom is 0.338 e. The summed E-state index contributed by atoms with van der Waals surface area (Å²) in [6, 6.07) is 5.36. The molecule has 5 saturated carbocycles. The number of halogens is 1. The minimum atomic E-state index is -0.768. The van der Waals surface area contributed by atoms with Crippen molar-refractivity contribution in [2.24, 2.45) is 56.7 Å². The number of fused-ring (bicyclic) bond motifs is 7. The predicted octanol–water partition coefficient (Wildman–Crippen LogP) is 7.28. The Morgan fingerprint density at radius 3 is 2.23 bits per heavy atom. The number of carbonyl (C=O) groups is 2. The second-order valence-corrected chi connectivity index (χ2v) is 17.1. The van der Waals surface area contributed by atoms with Crippen LogP contribution in [0.4, 0.5) is 4.39 Å². The lowest BCUT2D eigenvalue weighted by Crippen LogP contribution is -2.67. The van der Waals surface area contributed by atoms with Crippen LogP contribution < -0.4 is 0 Å². The van der Waals surface area contributed by atoms with Crippen LogP contribution in [0, 0.1) is 62.5 Å². The lowest BCUT2D eigenvalue weighted by atomic mass is 9.32. The smallest absolute Gasteiger partial charge is 0.338 e. The van der Waals surface area contributed by atoms with Gasteiger partial charge in [-0.25, -0.2) is 9.18 Å². The maximum absolute atomic E-state index is 13.4. The second-order valence-electron chi connectivity index (χ2n) is 17.1. The van der Waals surface area contributed by atoms with E-state index >= 15 is 0 Å². The van der Waals surface area contributed by atoms with E-state index in [2.05, 4.69) is 34.6 Å². The van der Waals surface area contributed by atoms with Gasteiger partial charge in [0.1, 0.15) is 18.0 Å². The fraction of sp³-hybridized carbons (Fsp3) is 0.784. The quantitative estimate of drug-likeness (QED) is 0.269. The summed E-state index contributed by atoms with van der Waals surface area (Å²) in [5.41, 5.74) is -0.977. The van der Waals surface area contributed by atoms with Crippen LogP contribution >= 0.6 is 0 Å². The number of aliphatic hydroxyl groups is 1. The Bertz CT molecular complexity index is 1340. The van der Waals surface area contributed by atoms with Crippen LogP contribution in [0.25, 0.3) is 0 Å². The number of carboxylic acid groups (broad SMARTS) is 1. The molecular weight excluding hydrogens is 559 g/mol. The second kappa shape index (κ2) is 9.76. The fourth-order valence-electron chi connectivity index (χ4n) is 12.9. The van der Waals surface area contributed by atoms with Gasteiger partial charge in [-0.1, -0.05) is 34.6 Å². The van der Waals surface area contributed by atoms with E-state index in [0.717, 1.165) is 51.4 Å². The van der Waals surface area contributed by atoms with Gasteiger partial charge in [0.25, 0.3) is 0 Å². The van der Waals surface area contributed by atoms with Crippen LogP contribution in [-0.4, -0.2) is 47.1 Å². The van der Waals surface area contributed by atoms with Crippen LogP contribution in [-0.2, 0) is 14.3 Å². The molecule has 7 rings (SSSR count). The first kappa shape index (κ1) is 30.7. The molecule has 0 spiro atoms. The lowest BCUT2D eigenvalue weighted by molar-refractivity contribution is -0.250. The van der Waals surface area contributed by atoms with E-state index in [4.69, 9.17) is 9.47 Å². The molecule has 1 heterocycles. The van der Waals surface area contributed by atoms with E-state index in [0.29, 0.717) is 36.8 Å². The number of benzene rings is 1. The molecule has 0 aromatic heterocycles. The van der Waals surface area contributed by atoms with E-state index in [1.807, 2.05) is 0 Å². The number of aliphatic hydroxyl groups excluding tert-OH is 1. The molecule has 5 aliphatic carbocycles. The zero-order chi connectivity index (χ0) is 31.5. The van der Waals surface area contributed by atoms with E-state index < -0.39 is 28.8 Å². The third-order valence-corrected chi connectivity index (χ3v) is 15.6. The zero-order valence-corrected chi connectivity index (χ0v) is 27.2. The summed E-state index contributed by atoms with van der Waals surface area (Å²) in [7, 11) is 0. The predicted molar refractivity (Wildman–Crippen MR) is 163 cm³/mol. The van der Waals surface area contributed by atoms with Crippen molar-refractivity contribution in [3.05, 3.63) is 35.6 Å². The molecule has 1 saturated heterocycles. The molecule has 1 aromatic carbocycles. The largest absolute Gasteiger partial charge is 0.481 e. The Hall–Kier alpha value is -1.99. The average molecular weight is 611 g/mol. The Balaban J connectivity index is 1.19. The summed E-state index contributed by atoms with van der Waals surface area (Å²) in [5, 5.41) is 21.9. The molecule has 11 atom stereocenters. The fourth-order valence-corrected chi connectivity index (χ4v) is 12.9. The van der Waals surface area contributed by atoms with Crippen molar-refractivity contribution in [3.63, 3.8) is 0 Å². The molecule has 1 aliphatic heterocycles. The molecule has 2 N–H and O–H groups in total. The van der Waals surface area contributed by atoms with Crippen molar-refractivity contribution >= 4 is 11.9 Å². The van der Waals surface area contributed by atoms with Crippen molar-refractivity contribution in [1.82, 2.24) is 0 Å². The standard InChI is InChI=1S/C37H51FO6/c1-32(2)26-13-16-35(5)27(33(26,3)15-14-28(32)39)11-10-24-29-25(12-17-36(29,31(41)42)19-18-34(24,35)4)37(21-44-37)20-43-30(40)22-6-8-23(38)9-7-22/h6-9,24-29,39H,10-21H2,1-5H3,(H,41,42)/t24?,25-,26?,27?,28-,29?,33+,34-,35-,36+,37?/m1/s1. The molecule has 6 fully saturated rings. The molecule has 0 radical (unpaired) electrons. The van der Waals surface area contributed by atoms with Crippen molar-refractivity contribution in [2.45, 2.75) is 111 Å². The third kappa shape index (κ3) is 3.96. The minimum Gasteiger partial charge on any atom is -0.481 e. The highest BCUT2D eigenvalue weighted by Gasteiger charge is 2.74. The SMILES string of the molecule is CC1(C)C2CC[C@]3(C)C(CCC4C5[C@H](C6(COC(=O)c7ccc(F)cc7)CO6)CC[C@]5(C(=O)O)CC[C@]43C)[C@@]2(C)CC[C@H]1O. The van der Waals surface area contributed by atoms with Gasteiger partial charge in [0.2, 0.25) is 0 Å². The number of carboxylic acids is 1. The summed E-state index contributed by atoms with van der Waals surface area (Å²) in [6.45, 7) is 12.7. The molecule has 6 nitrogen and oxygen atoms in total. The van der Waals surface area contributed by atoms with Gasteiger partial charge in [-0.2, -0.15) is 0 Å². The summed E-state index contributed by atoms with van der Waals surface area (Å²) in [6.07, 6.45) is 9.04. The van der Waals surface area contributed by atoms with Crippen molar-refractivity contribution < 1.29 is 33.7 Å². The van der Waals surface area contributed by atoms with Gasteiger partial charge in [0.15, 0.2) is 0 Å². The maximum atomic E-state index is 13.4. The number of hydrogen-bond donors (Lipinski definition) is 2. The Morgan fingerprint density at radius 2 is 1.57 bits per heavy atom. The van der Waals surface area contributed by atoms with E-state index in [1.165, 1.54) is 24.3 Å². The van der Waals surface area contributed by atoms with Gasteiger partial charge in [-0.05, 0) is 140 Å². The number of ether oxygens (including phenoxy) is 2. The summed E-state index contributed by atoms with van der Waals surface area (Å²) >= 11 is 0. The van der Waals surface area contributed by atoms with Crippen molar-refractivity contribution in [3.8, 4) is 0 Å². The minimum absolute atomic E-state index is 0.00280. The molecular formula is C37H51FO6. The topological polar surface area (TPSA) is 96.4 Å². The number of carbonyl (C=O) groups excluding carboxylic acids is 1. The summed E-state index contributed by atoms with van der Waals surface area (Å²) in [4.78, 5) is 26.1. The number of hydrogen-bond acceptors (Lipinski definition) is 5. The van der Waals surface area contributed by atoms with E-state index in [1.54, 1.807) is 0 Å². The normalized spacial score (nSPS) is 48.7. The van der Waals surface area contributed by atoms with Crippen LogP contribution in [0.15, 0.2) is 24.3 Å². The first-order chi connectivity index (χ1) is 20.6. The van der Waals surface area contributed by atoms with Crippen molar-refractivity contribution in [2.75, 3.05) is 13.2 Å². The molecule has 6 aliphatic rings. The molecule has 242 valence electrons. The van der Waals surface area contributed by atoms with Gasteiger partial charge in [0.05, 0.1) is 23.7 Å². The van der Waals surface area contributed by atoms with Crippen LogP contribution in [0.5, 0.6) is 0 Å².